The summed E-state index contributed by atoms with van der Waals surface area (Å²) in [6.45, 7) is 2.08. The number of amides is 2. The van der Waals surface area contributed by atoms with Crippen LogP contribution in [0.3, 0.4) is 0 Å². The molecule has 1 aliphatic heterocycles. The van der Waals surface area contributed by atoms with E-state index in [1.165, 1.54) is 0 Å². The van der Waals surface area contributed by atoms with Crippen LogP contribution in [0.5, 0.6) is 0 Å². The Labute approximate surface area is 166 Å². The molecule has 2 N–H and O–H groups in total. The molecule has 0 unspecified atom stereocenters. The molecule has 0 radical (unpaired) electrons. The molecule has 1 aliphatic rings. The molecular weight excluding hydrogens is 385 g/mol. The highest BCUT2D eigenvalue weighted by atomic mass is 19.4. The molecule has 0 atom stereocenters. The molecule has 1 aromatic heterocycles. The average Bonchev–Trinajstić information content (AvgIpc) is 2.72. The second kappa shape index (κ2) is 8.93. The number of rotatable bonds is 4. The van der Waals surface area contributed by atoms with Crippen LogP contribution < -0.4 is 15.5 Å². The fourth-order valence-corrected chi connectivity index (χ4v) is 3.20. The topological polar surface area (TPSA) is 74.3 Å². The molecule has 2 amide bonds. The van der Waals surface area contributed by atoms with Crippen molar-refractivity contribution >= 4 is 23.2 Å². The third-order valence-electron chi connectivity index (χ3n) is 4.87. The molecule has 9 heteroatoms. The Morgan fingerprint density at radius 1 is 1.00 bits per heavy atom. The molecule has 154 valence electrons. The van der Waals surface area contributed by atoms with E-state index in [2.05, 4.69) is 20.5 Å². The molecule has 29 heavy (non-hydrogen) atoms. The fourth-order valence-electron chi connectivity index (χ4n) is 3.20. The van der Waals surface area contributed by atoms with Crippen molar-refractivity contribution in [2.75, 3.05) is 29.9 Å². The maximum absolute atomic E-state index is 12.6. The molecule has 6 nitrogen and oxygen atoms in total. The quantitative estimate of drug-likeness (QED) is 0.766. The maximum atomic E-state index is 12.6. The number of carbonyl (C=O) groups excluding carboxylic acids is 2. The maximum Gasteiger partial charge on any atom is 0.416 e. The van der Waals surface area contributed by atoms with E-state index in [0.717, 1.165) is 55.9 Å². The summed E-state index contributed by atoms with van der Waals surface area (Å²) < 4.78 is 37.7. The minimum absolute atomic E-state index is 0.129. The number of hydrogen-bond donors (Lipinski definition) is 2. The normalized spacial score (nSPS) is 15.1. The van der Waals surface area contributed by atoms with Crippen LogP contribution in [0, 0.1) is 5.92 Å². The molecule has 2 aromatic rings. The van der Waals surface area contributed by atoms with Crippen LogP contribution in [0.15, 0.2) is 48.8 Å². The SMILES string of the molecule is O=C(NCC1CCN(c2ccncc2)CC1)C(=O)Nc1ccc(C(F)(F)F)cc1. The van der Waals surface area contributed by atoms with Gasteiger partial charge in [-0.15, -0.1) is 0 Å². The van der Waals surface area contributed by atoms with Crippen molar-refractivity contribution in [2.45, 2.75) is 19.0 Å². The van der Waals surface area contributed by atoms with E-state index < -0.39 is 23.6 Å². The number of alkyl halides is 3. The molecule has 3 rings (SSSR count). The molecular formula is C20H21F3N4O2. The predicted octanol–water partition coefficient (Wildman–Crippen LogP) is 3.07. The van der Waals surface area contributed by atoms with Gasteiger partial charge in [0.15, 0.2) is 0 Å². The van der Waals surface area contributed by atoms with E-state index in [9.17, 15) is 22.8 Å². The van der Waals surface area contributed by atoms with Crippen LogP contribution in [0.4, 0.5) is 24.5 Å². The van der Waals surface area contributed by atoms with Gasteiger partial charge in [-0.2, -0.15) is 13.2 Å². The molecule has 0 aliphatic carbocycles. The van der Waals surface area contributed by atoms with Gasteiger partial charge in [0.25, 0.3) is 0 Å². The van der Waals surface area contributed by atoms with Gasteiger partial charge >= 0.3 is 18.0 Å². The highest BCUT2D eigenvalue weighted by molar-refractivity contribution is 6.39. The smallest absolute Gasteiger partial charge is 0.371 e. The highest BCUT2D eigenvalue weighted by Crippen LogP contribution is 2.29. The van der Waals surface area contributed by atoms with Gasteiger partial charge in [-0.1, -0.05) is 0 Å². The largest absolute Gasteiger partial charge is 0.416 e. The van der Waals surface area contributed by atoms with Crippen LogP contribution in [-0.4, -0.2) is 36.4 Å². The van der Waals surface area contributed by atoms with Crippen LogP contribution >= 0.6 is 0 Å². The third kappa shape index (κ3) is 5.69. The van der Waals surface area contributed by atoms with Gasteiger partial charge in [0.2, 0.25) is 0 Å². The molecule has 0 spiro atoms. The number of halogens is 3. The van der Waals surface area contributed by atoms with E-state index in [0.29, 0.717) is 6.54 Å². The standard InChI is InChI=1S/C20H21F3N4O2/c21-20(22,23)15-1-3-16(4-2-15)26-19(29)18(28)25-13-14-7-11-27(12-8-14)17-5-9-24-10-6-17/h1-6,9-10,14H,7-8,11-13H2,(H,25,28)(H,26,29). The molecule has 2 heterocycles. The van der Waals surface area contributed by atoms with Crippen molar-refractivity contribution in [2.24, 2.45) is 5.92 Å². The highest BCUT2D eigenvalue weighted by Gasteiger charge is 2.30. The number of aromatic nitrogens is 1. The van der Waals surface area contributed by atoms with Crippen LogP contribution in [0.2, 0.25) is 0 Å². The molecule has 0 saturated carbocycles. The van der Waals surface area contributed by atoms with E-state index in [4.69, 9.17) is 0 Å². The van der Waals surface area contributed by atoms with Crippen LogP contribution in [0.1, 0.15) is 18.4 Å². The Balaban J connectivity index is 1.42. The van der Waals surface area contributed by atoms with Crippen LogP contribution in [-0.2, 0) is 15.8 Å². The molecule has 1 saturated heterocycles. The lowest BCUT2D eigenvalue weighted by Crippen LogP contribution is -2.41. The van der Waals surface area contributed by atoms with Crippen molar-refractivity contribution in [1.29, 1.82) is 0 Å². The molecule has 1 fully saturated rings. The minimum atomic E-state index is -4.45. The lowest BCUT2D eigenvalue weighted by molar-refractivity contribution is -0.137. The summed E-state index contributed by atoms with van der Waals surface area (Å²) in [4.78, 5) is 30.2. The summed E-state index contributed by atoms with van der Waals surface area (Å²) >= 11 is 0. The summed E-state index contributed by atoms with van der Waals surface area (Å²) in [6, 6.07) is 7.83. The number of pyridine rings is 1. The summed E-state index contributed by atoms with van der Waals surface area (Å²) in [7, 11) is 0. The van der Waals surface area contributed by atoms with Gasteiger partial charge in [0, 0.05) is 43.4 Å². The van der Waals surface area contributed by atoms with Gasteiger partial charge in [0.1, 0.15) is 0 Å². The lowest BCUT2D eigenvalue weighted by atomic mass is 9.96. The Kier molecular flexibility index (Phi) is 6.36. The van der Waals surface area contributed by atoms with Crippen molar-refractivity contribution < 1.29 is 22.8 Å². The monoisotopic (exact) mass is 406 g/mol. The Hall–Kier alpha value is -3.10. The van der Waals surface area contributed by atoms with Crippen molar-refractivity contribution in [3.8, 4) is 0 Å². The zero-order chi connectivity index (χ0) is 20.9. The van der Waals surface area contributed by atoms with Crippen molar-refractivity contribution in [1.82, 2.24) is 10.3 Å². The minimum Gasteiger partial charge on any atom is -0.371 e. The summed E-state index contributed by atoms with van der Waals surface area (Å²) in [6.07, 6.45) is 0.799. The number of nitrogens with one attached hydrogen (secondary N) is 2. The second-order valence-electron chi connectivity index (χ2n) is 6.88. The van der Waals surface area contributed by atoms with Gasteiger partial charge in [-0.05, 0) is 55.2 Å². The van der Waals surface area contributed by atoms with Gasteiger partial charge in [-0.3, -0.25) is 14.6 Å². The fraction of sp³-hybridized carbons (Fsp3) is 0.350. The first-order valence-electron chi connectivity index (χ1n) is 9.24. The number of nitrogens with zero attached hydrogens (tertiary/aromatic N) is 2. The summed E-state index contributed by atoms with van der Waals surface area (Å²) in [5, 5.41) is 4.91. The first-order chi connectivity index (χ1) is 13.8. The predicted molar refractivity (Wildman–Crippen MR) is 102 cm³/mol. The van der Waals surface area contributed by atoms with Crippen molar-refractivity contribution in [3.63, 3.8) is 0 Å². The second-order valence-corrected chi connectivity index (χ2v) is 6.88. The Morgan fingerprint density at radius 2 is 1.62 bits per heavy atom. The molecule has 1 aromatic carbocycles. The zero-order valence-electron chi connectivity index (χ0n) is 15.6. The van der Waals surface area contributed by atoms with E-state index in [1.54, 1.807) is 12.4 Å². The summed E-state index contributed by atoms with van der Waals surface area (Å²) in [5.41, 5.74) is 0.417. The number of hydrogen-bond acceptors (Lipinski definition) is 4. The first-order valence-corrected chi connectivity index (χ1v) is 9.24. The number of carbonyl (C=O) groups is 2. The van der Waals surface area contributed by atoms with Gasteiger partial charge in [0.05, 0.1) is 5.56 Å². The zero-order valence-corrected chi connectivity index (χ0v) is 15.6. The Bertz CT molecular complexity index is 833. The summed E-state index contributed by atoms with van der Waals surface area (Å²) in [5.74, 6) is -1.45. The Morgan fingerprint density at radius 3 is 2.21 bits per heavy atom. The average molecular weight is 406 g/mol. The first kappa shape index (κ1) is 20.6. The van der Waals surface area contributed by atoms with Crippen LogP contribution in [0.25, 0.3) is 0 Å². The number of piperidine rings is 1. The number of benzene rings is 1. The van der Waals surface area contributed by atoms with Gasteiger partial charge < -0.3 is 15.5 Å². The van der Waals surface area contributed by atoms with Gasteiger partial charge in [-0.25, -0.2) is 0 Å². The number of anilines is 2. The molecule has 0 bridgehead atoms. The third-order valence-corrected chi connectivity index (χ3v) is 4.87. The van der Waals surface area contributed by atoms with E-state index >= 15 is 0 Å². The lowest BCUT2D eigenvalue weighted by Gasteiger charge is -2.33. The van der Waals surface area contributed by atoms with E-state index in [-0.39, 0.29) is 11.6 Å². The van der Waals surface area contributed by atoms with E-state index in [1.807, 2.05) is 12.1 Å². The van der Waals surface area contributed by atoms with Crippen molar-refractivity contribution in [3.05, 3.63) is 54.4 Å².